The summed E-state index contributed by atoms with van der Waals surface area (Å²) in [7, 11) is 3.13. The van der Waals surface area contributed by atoms with Crippen LogP contribution in [0.3, 0.4) is 0 Å². The standard InChI is InChI=1S/C19H18N2O5S/c1-25-14-7-3-12(4-8-14)20-19-21(13-5-9-15(26-2)10-6-13)17(22)11-16(27-19)18(23)24/h3-10,16H,11H2,1-2H3,(H,23,24). The number of carbonyl (C=O) groups is 2. The molecule has 140 valence electrons. The van der Waals surface area contributed by atoms with E-state index in [-0.39, 0.29) is 12.3 Å². The number of amidine groups is 1. The molecule has 2 aromatic carbocycles. The quantitative estimate of drug-likeness (QED) is 0.848. The van der Waals surface area contributed by atoms with Gasteiger partial charge in [-0.3, -0.25) is 14.5 Å². The molecule has 3 rings (SSSR count). The number of amides is 1. The minimum atomic E-state index is -1.04. The summed E-state index contributed by atoms with van der Waals surface area (Å²) in [5, 5.41) is 8.80. The van der Waals surface area contributed by atoms with Crippen LogP contribution in [-0.4, -0.2) is 41.6 Å². The van der Waals surface area contributed by atoms with E-state index in [9.17, 15) is 14.7 Å². The second-order valence-corrected chi connectivity index (χ2v) is 6.84. The maximum Gasteiger partial charge on any atom is 0.317 e. The van der Waals surface area contributed by atoms with Gasteiger partial charge in [0.25, 0.3) is 0 Å². The predicted octanol–water partition coefficient (Wildman–Crippen LogP) is 3.31. The van der Waals surface area contributed by atoms with Crippen LogP contribution in [0.1, 0.15) is 6.42 Å². The molecule has 0 spiro atoms. The molecule has 1 amide bonds. The fourth-order valence-corrected chi connectivity index (χ4v) is 3.60. The number of thioether (sulfide) groups is 1. The van der Waals surface area contributed by atoms with E-state index in [0.29, 0.717) is 28.0 Å². The highest BCUT2D eigenvalue weighted by Crippen LogP contribution is 2.33. The van der Waals surface area contributed by atoms with Gasteiger partial charge in [-0.05, 0) is 48.5 Å². The number of carboxylic acid groups (broad SMARTS) is 1. The number of nitrogens with zero attached hydrogens (tertiary/aromatic N) is 2. The van der Waals surface area contributed by atoms with E-state index in [2.05, 4.69) is 4.99 Å². The molecule has 0 aromatic heterocycles. The van der Waals surface area contributed by atoms with Crippen molar-refractivity contribution in [2.45, 2.75) is 11.7 Å². The molecule has 1 unspecified atom stereocenters. The van der Waals surface area contributed by atoms with Crippen LogP contribution >= 0.6 is 11.8 Å². The first kappa shape index (κ1) is 18.8. The Hall–Kier alpha value is -3.00. The van der Waals surface area contributed by atoms with Crippen molar-refractivity contribution in [3.63, 3.8) is 0 Å². The second-order valence-electron chi connectivity index (χ2n) is 5.67. The maximum atomic E-state index is 12.7. The Labute approximate surface area is 160 Å². The van der Waals surface area contributed by atoms with Crippen LogP contribution in [0.15, 0.2) is 53.5 Å². The Morgan fingerprint density at radius 3 is 2.15 bits per heavy atom. The number of ether oxygens (including phenoxy) is 2. The summed E-state index contributed by atoms with van der Waals surface area (Å²) in [6, 6.07) is 13.9. The van der Waals surface area contributed by atoms with E-state index < -0.39 is 11.2 Å². The Balaban J connectivity index is 1.99. The van der Waals surface area contributed by atoms with Crippen LogP contribution in [0.5, 0.6) is 11.5 Å². The lowest BCUT2D eigenvalue weighted by atomic mass is 10.2. The lowest BCUT2D eigenvalue weighted by molar-refractivity contribution is -0.137. The molecular weight excluding hydrogens is 368 g/mol. The molecule has 1 fully saturated rings. The van der Waals surface area contributed by atoms with E-state index in [4.69, 9.17) is 9.47 Å². The van der Waals surface area contributed by atoms with Crippen molar-refractivity contribution < 1.29 is 24.2 Å². The number of hydrogen-bond acceptors (Lipinski definition) is 6. The van der Waals surface area contributed by atoms with E-state index >= 15 is 0 Å². The van der Waals surface area contributed by atoms with E-state index in [1.165, 1.54) is 4.90 Å². The fraction of sp³-hybridized carbons (Fsp3) is 0.211. The van der Waals surface area contributed by atoms with Gasteiger partial charge in [0.1, 0.15) is 16.7 Å². The van der Waals surface area contributed by atoms with Crippen LogP contribution in [0, 0.1) is 0 Å². The molecular formula is C19H18N2O5S. The number of rotatable bonds is 5. The average molecular weight is 386 g/mol. The molecule has 27 heavy (non-hydrogen) atoms. The third-order valence-electron chi connectivity index (χ3n) is 3.95. The van der Waals surface area contributed by atoms with Gasteiger partial charge < -0.3 is 14.6 Å². The van der Waals surface area contributed by atoms with Gasteiger partial charge in [-0.2, -0.15) is 0 Å². The molecule has 1 heterocycles. The number of carboxylic acids is 1. The van der Waals surface area contributed by atoms with E-state index in [1.807, 2.05) is 0 Å². The molecule has 1 saturated heterocycles. The highest BCUT2D eigenvalue weighted by Gasteiger charge is 2.36. The number of aliphatic carboxylic acids is 1. The molecule has 1 aliphatic rings. The third kappa shape index (κ3) is 4.22. The van der Waals surface area contributed by atoms with Crippen LogP contribution in [-0.2, 0) is 9.59 Å². The van der Waals surface area contributed by atoms with Gasteiger partial charge in [-0.25, -0.2) is 4.99 Å². The van der Waals surface area contributed by atoms with Crippen molar-refractivity contribution in [2.24, 2.45) is 4.99 Å². The maximum absolute atomic E-state index is 12.7. The number of hydrogen-bond donors (Lipinski definition) is 1. The van der Waals surface area contributed by atoms with E-state index in [1.54, 1.807) is 62.8 Å². The molecule has 0 aliphatic carbocycles. The summed E-state index contributed by atoms with van der Waals surface area (Å²) in [5.41, 5.74) is 1.19. The van der Waals surface area contributed by atoms with Crippen molar-refractivity contribution in [1.82, 2.24) is 0 Å². The number of methoxy groups -OCH3 is 2. The number of carbonyl (C=O) groups excluding carboxylic acids is 1. The first-order valence-electron chi connectivity index (χ1n) is 8.11. The first-order chi connectivity index (χ1) is 13.0. The first-order valence-corrected chi connectivity index (χ1v) is 8.99. The lowest BCUT2D eigenvalue weighted by Crippen LogP contribution is -2.44. The molecule has 2 aromatic rings. The predicted molar refractivity (Wildman–Crippen MR) is 104 cm³/mol. The Morgan fingerprint density at radius 2 is 1.63 bits per heavy atom. The lowest BCUT2D eigenvalue weighted by Gasteiger charge is -2.30. The average Bonchev–Trinajstić information content (AvgIpc) is 2.68. The summed E-state index contributed by atoms with van der Waals surface area (Å²) < 4.78 is 10.3. The number of anilines is 1. The minimum absolute atomic E-state index is 0.104. The van der Waals surface area contributed by atoms with Gasteiger partial charge in [0.05, 0.1) is 32.0 Å². The molecule has 1 atom stereocenters. The Bertz CT molecular complexity index is 865. The zero-order valence-corrected chi connectivity index (χ0v) is 15.6. The monoisotopic (exact) mass is 386 g/mol. The zero-order chi connectivity index (χ0) is 19.4. The molecule has 0 radical (unpaired) electrons. The van der Waals surface area contributed by atoms with Gasteiger partial charge in [0, 0.05) is 0 Å². The third-order valence-corrected chi connectivity index (χ3v) is 5.09. The van der Waals surface area contributed by atoms with Crippen molar-refractivity contribution in [2.75, 3.05) is 19.1 Å². The van der Waals surface area contributed by atoms with Crippen molar-refractivity contribution >= 4 is 40.2 Å². The van der Waals surface area contributed by atoms with Crippen molar-refractivity contribution in [1.29, 1.82) is 0 Å². The van der Waals surface area contributed by atoms with Crippen LogP contribution < -0.4 is 14.4 Å². The molecule has 0 saturated carbocycles. The molecule has 1 aliphatic heterocycles. The minimum Gasteiger partial charge on any atom is -0.497 e. The fourth-order valence-electron chi connectivity index (χ4n) is 2.55. The second kappa shape index (κ2) is 8.13. The Morgan fingerprint density at radius 1 is 1.07 bits per heavy atom. The molecule has 8 heteroatoms. The summed E-state index contributed by atoms with van der Waals surface area (Å²) in [6.07, 6.45) is -0.104. The van der Waals surface area contributed by atoms with Gasteiger partial charge in [-0.15, -0.1) is 0 Å². The van der Waals surface area contributed by atoms with Gasteiger partial charge in [0.2, 0.25) is 5.91 Å². The molecule has 7 nitrogen and oxygen atoms in total. The van der Waals surface area contributed by atoms with Gasteiger partial charge in [0.15, 0.2) is 5.17 Å². The Kier molecular flexibility index (Phi) is 5.66. The van der Waals surface area contributed by atoms with Gasteiger partial charge in [-0.1, -0.05) is 11.8 Å². The van der Waals surface area contributed by atoms with Gasteiger partial charge >= 0.3 is 5.97 Å². The summed E-state index contributed by atoms with van der Waals surface area (Å²) in [4.78, 5) is 30.1. The van der Waals surface area contributed by atoms with Crippen LogP contribution in [0.25, 0.3) is 0 Å². The molecule has 1 N–H and O–H groups in total. The van der Waals surface area contributed by atoms with Crippen molar-refractivity contribution in [3.05, 3.63) is 48.5 Å². The largest absolute Gasteiger partial charge is 0.497 e. The highest BCUT2D eigenvalue weighted by atomic mass is 32.2. The SMILES string of the molecule is COc1ccc(N=C2SC(C(=O)O)CC(=O)N2c2ccc(OC)cc2)cc1. The summed E-state index contributed by atoms with van der Waals surface area (Å²) in [6.45, 7) is 0. The smallest absolute Gasteiger partial charge is 0.317 e. The zero-order valence-electron chi connectivity index (χ0n) is 14.8. The topological polar surface area (TPSA) is 88.4 Å². The number of benzene rings is 2. The number of aliphatic imine (C=N–C) groups is 1. The highest BCUT2D eigenvalue weighted by molar-refractivity contribution is 8.15. The molecule has 0 bridgehead atoms. The summed E-state index contributed by atoms with van der Waals surface area (Å²) in [5.74, 6) is -0.0154. The van der Waals surface area contributed by atoms with Crippen molar-refractivity contribution in [3.8, 4) is 11.5 Å². The van der Waals surface area contributed by atoms with Crippen LogP contribution in [0.4, 0.5) is 11.4 Å². The normalized spacial score (nSPS) is 18.4. The van der Waals surface area contributed by atoms with Crippen LogP contribution in [0.2, 0.25) is 0 Å². The van der Waals surface area contributed by atoms with E-state index in [0.717, 1.165) is 11.8 Å². The summed E-state index contributed by atoms with van der Waals surface area (Å²) >= 11 is 1.05.